The largest absolute Gasteiger partial charge is 0.335 e. The molecule has 0 radical (unpaired) electrons. The van der Waals surface area contributed by atoms with E-state index in [0.29, 0.717) is 18.5 Å². The van der Waals surface area contributed by atoms with Crippen LogP contribution in [0, 0.1) is 5.82 Å². The molecule has 1 aromatic rings. The molecule has 114 valence electrons. The predicted octanol–water partition coefficient (Wildman–Crippen LogP) is 3.95. The van der Waals surface area contributed by atoms with Gasteiger partial charge in [0, 0.05) is 19.0 Å². The number of rotatable bonds is 3. The highest BCUT2D eigenvalue weighted by atomic mass is 79.9. The molecule has 21 heavy (non-hydrogen) atoms. The van der Waals surface area contributed by atoms with Crippen molar-refractivity contribution in [3.63, 3.8) is 0 Å². The van der Waals surface area contributed by atoms with Crippen molar-refractivity contribution in [2.45, 2.75) is 45.1 Å². The summed E-state index contributed by atoms with van der Waals surface area (Å²) >= 11 is 3.15. The molecule has 1 aliphatic heterocycles. The standard InChI is InChI=1S/C16H19BrFNO2/c1-11(20)10-12-6-3-2-4-9-19(12)16(21)13-7-5-8-14(18)15(13)17/h5,7-8,12H,2-4,6,9-10H2,1H3. The average Bonchev–Trinajstić information content (AvgIpc) is 2.66. The maximum atomic E-state index is 13.6. The molecule has 0 spiro atoms. The Bertz CT molecular complexity index is 547. The number of carbonyl (C=O) groups is 2. The van der Waals surface area contributed by atoms with Gasteiger partial charge in [-0.1, -0.05) is 18.9 Å². The van der Waals surface area contributed by atoms with Gasteiger partial charge in [-0.3, -0.25) is 9.59 Å². The van der Waals surface area contributed by atoms with Crippen LogP contribution < -0.4 is 0 Å². The normalized spacial score (nSPS) is 19.2. The second kappa shape index (κ2) is 7.16. The SMILES string of the molecule is CC(=O)CC1CCCCCN1C(=O)c1cccc(F)c1Br. The van der Waals surface area contributed by atoms with E-state index in [1.165, 1.54) is 12.1 Å². The summed E-state index contributed by atoms with van der Waals surface area (Å²) in [6.07, 6.45) is 4.21. The van der Waals surface area contributed by atoms with Crippen LogP contribution in [0.15, 0.2) is 22.7 Å². The first kappa shape index (κ1) is 16.1. The number of benzene rings is 1. The Hall–Kier alpha value is -1.23. The van der Waals surface area contributed by atoms with Crippen molar-refractivity contribution in [1.29, 1.82) is 0 Å². The number of amides is 1. The highest BCUT2D eigenvalue weighted by Crippen LogP contribution is 2.26. The first-order chi connectivity index (χ1) is 10.0. The van der Waals surface area contributed by atoms with Crippen LogP contribution in [0.5, 0.6) is 0 Å². The summed E-state index contributed by atoms with van der Waals surface area (Å²) in [4.78, 5) is 25.9. The molecule has 2 rings (SSSR count). The molecular formula is C16H19BrFNO2. The topological polar surface area (TPSA) is 37.4 Å². The summed E-state index contributed by atoms with van der Waals surface area (Å²) in [5.74, 6) is -0.564. The summed E-state index contributed by atoms with van der Waals surface area (Å²) in [5.41, 5.74) is 0.324. The Morgan fingerprint density at radius 3 is 2.81 bits per heavy atom. The van der Waals surface area contributed by atoms with Crippen LogP contribution in [-0.2, 0) is 4.79 Å². The zero-order valence-electron chi connectivity index (χ0n) is 12.1. The molecule has 1 atom stereocenters. The summed E-state index contributed by atoms with van der Waals surface area (Å²) in [5, 5.41) is 0. The van der Waals surface area contributed by atoms with E-state index in [9.17, 15) is 14.0 Å². The Morgan fingerprint density at radius 2 is 2.10 bits per heavy atom. The number of likely N-dealkylation sites (tertiary alicyclic amines) is 1. The van der Waals surface area contributed by atoms with E-state index in [1.54, 1.807) is 17.9 Å². The minimum Gasteiger partial charge on any atom is -0.335 e. The van der Waals surface area contributed by atoms with Crippen molar-refractivity contribution in [3.05, 3.63) is 34.1 Å². The highest BCUT2D eigenvalue weighted by molar-refractivity contribution is 9.10. The van der Waals surface area contributed by atoms with Crippen molar-refractivity contribution in [3.8, 4) is 0 Å². The number of hydrogen-bond donors (Lipinski definition) is 0. The van der Waals surface area contributed by atoms with Gasteiger partial charge in [0.05, 0.1) is 10.0 Å². The van der Waals surface area contributed by atoms with Crippen molar-refractivity contribution >= 4 is 27.6 Å². The second-order valence-electron chi connectivity index (χ2n) is 5.51. The molecular weight excluding hydrogens is 337 g/mol. The maximum Gasteiger partial charge on any atom is 0.255 e. The van der Waals surface area contributed by atoms with Gasteiger partial charge in [0.15, 0.2) is 0 Å². The second-order valence-corrected chi connectivity index (χ2v) is 6.30. The molecule has 1 amide bonds. The van der Waals surface area contributed by atoms with E-state index in [4.69, 9.17) is 0 Å². The quantitative estimate of drug-likeness (QED) is 0.822. The summed E-state index contributed by atoms with van der Waals surface area (Å²) in [6, 6.07) is 4.39. The van der Waals surface area contributed by atoms with Crippen LogP contribution in [0.25, 0.3) is 0 Å². The highest BCUT2D eigenvalue weighted by Gasteiger charge is 2.28. The van der Waals surface area contributed by atoms with Crippen LogP contribution in [-0.4, -0.2) is 29.2 Å². The molecule has 0 aliphatic carbocycles. The van der Waals surface area contributed by atoms with E-state index in [0.717, 1.165) is 25.7 Å². The van der Waals surface area contributed by atoms with Gasteiger partial charge in [0.2, 0.25) is 0 Å². The van der Waals surface area contributed by atoms with E-state index >= 15 is 0 Å². The summed E-state index contributed by atoms with van der Waals surface area (Å²) in [7, 11) is 0. The molecule has 1 fully saturated rings. The smallest absolute Gasteiger partial charge is 0.255 e. The predicted molar refractivity (Wildman–Crippen MR) is 82.7 cm³/mol. The van der Waals surface area contributed by atoms with Gasteiger partial charge in [-0.2, -0.15) is 0 Å². The van der Waals surface area contributed by atoms with Gasteiger partial charge in [-0.25, -0.2) is 4.39 Å². The number of nitrogens with zero attached hydrogens (tertiary/aromatic N) is 1. The third kappa shape index (κ3) is 3.90. The fourth-order valence-electron chi connectivity index (χ4n) is 2.81. The van der Waals surface area contributed by atoms with Crippen molar-refractivity contribution < 1.29 is 14.0 Å². The molecule has 1 heterocycles. The number of halogens is 2. The van der Waals surface area contributed by atoms with E-state index in [1.807, 2.05) is 0 Å². The van der Waals surface area contributed by atoms with Crippen LogP contribution in [0.4, 0.5) is 4.39 Å². The van der Waals surface area contributed by atoms with Gasteiger partial charge in [-0.15, -0.1) is 0 Å². The van der Waals surface area contributed by atoms with E-state index < -0.39 is 5.82 Å². The Labute approximate surface area is 132 Å². The minimum absolute atomic E-state index is 0.0762. The number of Topliss-reactive ketones (excluding diaryl/α,β-unsaturated/α-hetero) is 1. The van der Waals surface area contributed by atoms with Crippen LogP contribution in [0.2, 0.25) is 0 Å². The third-order valence-corrected chi connectivity index (χ3v) is 4.65. The lowest BCUT2D eigenvalue weighted by molar-refractivity contribution is -0.118. The average molecular weight is 356 g/mol. The van der Waals surface area contributed by atoms with Crippen LogP contribution >= 0.6 is 15.9 Å². The molecule has 0 N–H and O–H groups in total. The van der Waals surface area contributed by atoms with Crippen LogP contribution in [0.3, 0.4) is 0 Å². The Kier molecular flexibility index (Phi) is 5.51. The van der Waals surface area contributed by atoms with E-state index in [-0.39, 0.29) is 22.2 Å². The van der Waals surface area contributed by atoms with Gasteiger partial charge >= 0.3 is 0 Å². The first-order valence-corrected chi connectivity index (χ1v) is 8.04. The number of hydrogen-bond acceptors (Lipinski definition) is 2. The van der Waals surface area contributed by atoms with Crippen LogP contribution in [0.1, 0.15) is 49.4 Å². The molecule has 0 bridgehead atoms. The molecule has 3 nitrogen and oxygen atoms in total. The third-order valence-electron chi connectivity index (χ3n) is 3.84. The van der Waals surface area contributed by atoms with Crippen molar-refractivity contribution in [2.24, 2.45) is 0 Å². The Morgan fingerprint density at radius 1 is 1.33 bits per heavy atom. The zero-order valence-corrected chi connectivity index (χ0v) is 13.7. The Balaban J connectivity index is 2.28. The molecule has 1 aromatic carbocycles. The lowest BCUT2D eigenvalue weighted by atomic mass is 10.0. The van der Waals surface area contributed by atoms with Gasteiger partial charge in [0.1, 0.15) is 11.6 Å². The zero-order chi connectivity index (χ0) is 15.4. The molecule has 0 saturated carbocycles. The molecule has 1 unspecified atom stereocenters. The van der Waals surface area contributed by atoms with Gasteiger partial charge in [-0.05, 0) is 47.8 Å². The molecule has 0 aromatic heterocycles. The summed E-state index contributed by atoms with van der Waals surface area (Å²) in [6.45, 7) is 2.17. The summed E-state index contributed by atoms with van der Waals surface area (Å²) < 4.78 is 13.8. The monoisotopic (exact) mass is 355 g/mol. The fourth-order valence-corrected chi connectivity index (χ4v) is 3.25. The van der Waals surface area contributed by atoms with Gasteiger partial charge in [0.25, 0.3) is 5.91 Å². The van der Waals surface area contributed by atoms with Gasteiger partial charge < -0.3 is 4.90 Å². The maximum absolute atomic E-state index is 13.6. The number of ketones is 1. The number of carbonyl (C=O) groups excluding carboxylic acids is 2. The van der Waals surface area contributed by atoms with Crippen molar-refractivity contribution in [2.75, 3.05) is 6.54 Å². The molecule has 5 heteroatoms. The first-order valence-electron chi connectivity index (χ1n) is 7.25. The fraction of sp³-hybridized carbons (Fsp3) is 0.500. The molecule has 1 aliphatic rings. The lowest BCUT2D eigenvalue weighted by Crippen LogP contribution is -2.41. The van der Waals surface area contributed by atoms with Crippen molar-refractivity contribution in [1.82, 2.24) is 4.90 Å². The minimum atomic E-state index is -0.446. The lowest BCUT2D eigenvalue weighted by Gasteiger charge is -2.30. The van der Waals surface area contributed by atoms with E-state index in [2.05, 4.69) is 15.9 Å². The molecule has 1 saturated heterocycles.